The average Bonchev–Trinajstić information content (AvgIpc) is 4.06. The van der Waals surface area contributed by atoms with E-state index in [1.807, 2.05) is 35.6 Å². The first-order chi connectivity index (χ1) is 34.2. The fourth-order valence-electron chi connectivity index (χ4n) is 11.0. The molecule has 0 amide bonds. The van der Waals surface area contributed by atoms with Crippen LogP contribution in [0.4, 0.5) is 0 Å². The Kier molecular flexibility index (Phi) is 8.95. The minimum Gasteiger partial charge on any atom is -0.309 e. The lowest BCUT2D eigenvalue weighted by Gasteiger charge is -2.34. The Balaban J connectivity index is 0.981. The second-order valence-corrected chi connectivity index (χ2v) is 19.0. The Labute approximate surface area is 403 Å². The molecule has 0 radical (unpaired) electrons. The van der Waals surface area contributed by atoms with Crippen LogP contribution in [0.3, 0.4) is 0 Å². The third-order valence-corrected chi connectivity index (χ3v) is 15.3. The van der Waals surface area contributed by atoms with Gasteiger partial charge in [-0.1, -0.05) is 188 Å². The van der Waals surface area contributed by atoms with Crippen LogP contribution in [0, 0.1) is 0 Å². The third kappa shape index (κ3) is 6.18. The molecule has 0 spiro atoms. The zero-order chi connectivity index (χ0) is 45.5. The number of fused-ring (bicyclic) bond motifs is 9. The van der Waals surface area contributed by atoms with Crippen molar-refractivity contribution in [3.63, 3.8) is 0 Å². The van der Waals surface area contributed by atoms with E-state index in [1.54, 1.807) is 0 Å². The van der Waals surface area contributed by atoms with Gasteiger partial charge in [0.15, 0.2) is 17.5 Å². The highest BCUT2D eigenvalue weighted by Crippen LogP contribution is 2.56. The normalized spacial score (nSPS) is 12.8. The molecule has 3 heterocycles. The number of hydrogen-bond donors (Lipinski definition) is 0. The van der Waals surface area contributed by atoms with Crippen molar-refractivity contribution in [2.24, 2.45) is 0 Å². The summed E-state index contributed by atoms with van der Waals surface area (Å²) in [6, 6.07) is 87.7. The molecule has 1 aliphatic carbocycles. The topological polar surface area (TPSA) is 43.6 Å². The predicted molar refractivity (Wildman–Crippen MR) is 286 cm³/mol. The maximum absolute atomic E-state index is 5.18. The van der Waals surface area contributed by atoms with Crippen molar-refractivity contribution in [1.29, 1.82) is 0 Å². The minimum absolute atomic E-state index is 0.530. The number of aromatic nitrogens is 4. The van der Waals surface area contributed by atoms with Gasteiger partial charge in [0.25, 0.3) is 0 Å². The van der Waals surface area contributed by atoms with E-state index in [1.165, 1.54) is 69.8 Å². The summed E-state index contributed by atoms with van der Waals surface area (Å²) < 4.78 is 5.05. The molecule has 1 aliphatic rings. The van der Waals surface area contributed by atoms with Gasteiger partial charge in [-0.25, -0.2) is 15.0 Å². The Morgan fingerprint density at radius 1 is 0.319 bits per heavy atom. The summed E-state index contributed by atoms with van der Waals surface area (Å²) in [5, 5.41) is 5.00. The first-order valence-corrected chi connectivity index (χ1v) is 24.2. The Hall–Kier alpha value is -8.77. The summed E-state index contributed by atoms with van der Waals surface area (Å²) in [6.07, 6.45) is 0. The van der Waals surface area contributed by atoms with Gasteiger partial charge < -0.3 is 4.57 Å². The summed E-state index contributed by atoms with van der Waals surface area (Å²) >= 11 is 1.86. The van der Waals surface area contributed by atoms with Crippen molar-refractivity contribution in [2.75, 3.05) is 0 Å². The smallest absolute Gasteiger partial charge is 0.164 e. The molecular weight excluding hydrogens is 857 g/mol. The van der Waals surface area contributed by atoms with Gasteiger partial charge in [-0.15, -0.1) is 11.3 Å². The van der Waals surface area contributed by atoms with E-state index >= 15 is 0 Å². The highest BCUT2D eigenvalue weighted by Gasteiger charge is 2.46. The van der Waals surface area contributed by atoms with E-state index in [4.69, 9.17) is 15.0 Å². The van der Waals surface area contributed by atoms with Crippen molar-refractivity contribution in [3.05, 3.63) is 265 Å². The van der Waals surface area contributed by atoms with Crippen LogP contribution in [-0.2, 0) is 5.41 Å². The molecule has 0 saturated carbocycles. The molecule has 69 heavy (non-hydrogen) atoms. The molecule has 3 aromatic heterocycles. The van der Waals surface area contributed by atoms with Gasteiger partial charge in [0.2, 0.25) is 0 Å². The van der Waals surface area contributed by atoms with Crippen molar-refractivity contribution in [2.45, 2.75) is 5.41 Å². The largest absolute Gasteiger partial charge is 0.309 e. The van der Waals surface area contributed by atoms with E-state index in [0.29, 0.717) is 17.5 Å². The second-order valence-electron chi connectivity index (χ2n) is 17.9. The molecule has 0 unspecified atom stereocenters. The first kappa shape index (κ1) is 39.4. The standard InChI is InChI=1S/C64H40N4S/c1-4-17-41(18-5-1)44-21-16-22-45(37-44)63-66-61(42-19-6-2-7-20-42)65-62(67-63)43-31-34-48(35-32-43)68-57-38-47(33-36-51(57)53-40-60-54(39-58(53)68)52-27-12-15-30-59(52)69-60)64(46-23-8-3-9-24-46)55-28-13-10-25-49(55)50-26-11-14-29-56(50)64/h1-40H. The average molecular weight is 897 g/mol. The minimum atomic E-state index is -0.530. The van der Waals surface area contributed by atoms with Crippen molar-refractivity contribution in [1.82, 2.24) is 19.5 Å². The van der Waals surface area contributed by atoms with Gasteiger partial charge in [-0.3, -0.25) is 0 Å². The molecule has 0 fully saturated rings. The molecule has 0 N–H and O–H groups in total. The van der Waals surface area contributed by atoms with Crippen LogP contribution in [0.5, 0.6) is 0 Å². The molecule has 13 aromatic rings. The van der Waals surface area contributed by atoms with E-state index in [2.05, 4.69) is 223 Å². The van der Waals surface area contributed by atoms with Crippen molar-refractivity contribution < 1.29 is 0 Å². The highest BCUT2D eigenvalue weighted by molar-refractivity contribution is 7.25. The molecule has 322 valence electrons. The zero-order valence-electron chi connectivity index (χ0n) is 37.3. The summed E-state index contributed by atoms with van der Waals surface area (Å²) in [5.74, 6) is 1.88. The van der Waals surface area contributed by atoms with E-state index < -0.39 is 5.41 Å². The van der Waals surface area contributed by atoms with Crippen LogP contribution in [0.15, 0.2) is 243 Å². The van der Waals surface area contributed by atoms with Crippen molar-refractivity contribution in [3.8, 4) is 62.1 Å². The van der Waals surface area contributed by atoms with Crippen LogP contribution in [0.25, 0.3) is 104 Å². The number of thiophene rings is 1. The molecule has 14 rings (SSSR count). The van der Waals surface area contributed by atoms with Gasteiger partial charge >= 0.3 is 0 Å². The summed E-state index contributed by atoms with van der Waals surface area (Å²) in [7, 11) is 0. The monoisotopic (exact) mass is 896 g/mol. The molecule has 0 aliphatic heterocycles. The number of rotatable bonds is 7. The number of nitrogens with zero attached hydrogens (tertiary/aromatic N) is 4. The van der Waals surface area contributed by atoms with E-state index in [9.17, 15) is 0 Å². The molecule has 10 aromatic carbocycles. The fraction of sp³-hybridized carbons (Fsp3) is 0.0156. The number of benzene rings is 10. The lowest BCUT2D eigenvalue weighted by molar-refractivity contribution is 0.769. The predicted octanol–water partition coefficient (Wildman–Crippen LogP) is 16.4. The van der Waals surface area contributed by atoms with Gasteiger partial charge in [-0.2, -0.15) is 0 Å². The zero-order valence-corrected chi connectivity index (χ0v) is 38.1. The lowest BCUT2D eigenvalue weighted by Crippen LogP contribution is -2.28. The molecule has 5 heteroatoms. The van der Waals surface area contributed by atoms with Gasteiger partial charge in [-0.05, 0) is 99.1 Å². The summed E-state index contributed by atoms with van der Waals surface area (Å²) in [4.78, 5) is 15.4. The number of hydrogen-bond acceptors (Lipinski definition) is 4. The van der Waals surface area contributed by atoms with Crippen LogP contribution in [0.2, 0.25) is 0 Å². The van der Waals surface area contributed by atoms with Crippen LogP contribution in [0.1, 0.15) is 22.3 Å². The van der Waals surface area contributed by atoms with Gasteiger partial charge in [0, 0.05) is 53.3 Å². The van der Waals surface area contributed by atoms with Crippen molar-refractivity contribution >= 4 is 53.3 Å². The molecule has 0 atom stereocenters. The summed E-state index contributed by atoms with van der Waals surface area (Å²) in [6.45, 7) is 0. The summed E-state index contributed by atoms with van der Waals surface area (Å²) in [5.41, 5.74) is 15.5. The maximum atomic E-state index is 5.18. The highest BCUT2D eigenvalue weighted by atomic mass is 32.1. The first-order valence-electron chi connectivity index (χ1n) is 23.4. The molecule has 4 nitrogen and oxygen atoms in total. The molecular formula is C64H40N4S. The molecule has 0 saturated heterocycles. The maximum Gasteiger partial charge on any atom is 0.164 e. The Morgan fingerprint density at radius 2 is 0.870 bits per heavy atom. The van der Waals surface area contributed by atoms with E-state index in [0.717, 1.165) is 39.0 Å². The Morgan fingerprint density at radius 3 is 1.58 bits per heavy atom. The van der Waals surface area contributed by atoms with Crippen LogP contribution < -0.4 is 0 Å². The Bertz CT molecular complexity index is 4070. The van der Waals surface area contributed by atoms with Crippen LogP contribution in [-0.4, -0.2) is 19.5 Å². The van der Waals surface area contributed by atoms with E-state index in [-0.39, 0.29) is 0 Å². The second kappa shape index (κ2) is 15.7. The van der Waals surface area contributed by atoms with Gasteiger partial charge in [0.05, 0.1) is 16.4 Å². The lowest BCUT2D eigenvalue weighted by atomic mass is 9.67. The molecule has 0 bridgehead atoms. The third-order valence-electron chi connectivity index (χ3n) is 14.1. The quantitative estimate of drug-likeness (QED) is 0.160. The SMILES string of the molecule is c1ccc(-c2cccc(-c3nc(-c4ccccc4)nc(-c4ccc(-n5c6cc(C7(c8ccccc8)c8ccccc8-c8ccccc87)ccc6c6cc7sc8ccccc8c7cc65)cc4)n3)c2)cc1. The fourth-order valence-corrected chi connectivity index (χ4v) is 12.2. The van der Waals surface area contributed by atoms with Crippen LogP contribution >= 0.6 is 11.3 Å². The van der Waals surface area contributed by atoms with Gasteiger partial charge in [0.1, 0.15) is 0 Å².